The number of halogens is 2. The zero-order valence-corrected chi connectivity index (χ0v) is 13.9. The molecule has 21 heavy (non-hydrogen) atoms. The lowest BCUT2D eigenvalue weighted by Gasteiger charge is -2.43. The molecule has 0 bridgehead atoms. The van der Waals surface area contributed by atoms with Gasteiger partial charge >= 0.3 is 0 Å². The van der Waals surface area contributed by atoms with Crippen LogP contribution in [0.5, 0.6) is 0 Å². The Morgan fingerprint density at radius 1 is 1.24 bits per heavy atom. The molecule has 1 aromatic carbocycles. The van der Waals surface area contributed by atoms with Crippen LogP contribution in [0.1, 0.15) is 19.4 Å². The zero-order chi connectivity index (χ0) is 15.5. The maximum atomic E-state index is 13.7. The molecule has 2 rings (SSSR count). The molecule has 0 spiro atoms. The summed E-state index contributed by atoms with van der Waals surface area (Å²) in [7, 11) is 2.16. The molecule has 5 heteroatoms. The van der Waals surface area contributed by atoms with E-state index in [1.165, 1.54) is 6.07 Å². The van der Waals surface area contributed by atoms with Gasteiger partial charge in [-0.2, -0.15) is 0 Å². The Balaban J connectivity index is 1.84. The lowest BCUT2D eigenvalue weighted by atomic mass is 10.0. The summed E-state index contributed by atoms with van der Waals surface area (Å²) in [6.07, 6.45) is 0. The second-order valence-electron chi connectivity index (χ2n) is 6.44. The molecule has 3 nitrogen and oxygen atoms in total. The first-order chi connectivity index (χ1) is 9.88. The summed E-state index contributed by atoms with van der Waals surface area (Å²) in [5.74, 6) is -0.243. The molecule has 1 saturated heterocycles. The van der Waals surface area contributed by atoms with Crippen LogP contribution in [0.2, 0.25) is 5.02 Å². The van der Waals surface area contributed by atoms with Crippen LogP contribution in [-0.2, 0) is 6.54 Å². The summed E-state index contributed by atoms with van der Waals surface area (Å²) in [4.78, 5) is 4.85. The molecule has 0 unspecified atom stereocenters. The smallest absolute Gasteiger partial charge is 0.129 e. The highest BCUT2D eigenvalue weighted by Gasteiger charge is 2.28. The van der Waals surface area contributed by atoms with Crippen LogP contribution in [0, 0.1) is 5.82 Å². The first kappa shape index (κ1) is 16.7. The second kappa shape index (κ2) is 7.05. The molecule has 1 fully saturated rings. The number of nitrogens with one attached hydrogen (secondary N) is 1. The summed E-state index contributed by atoms with van der Waals surface area (Å²) >= 11 is 5.77. The van der Waals surface area contributed by atoms with Gasteiger partial charge in [0.2, 0.25) is 0 Å². The molecule has 1 aliphatic rings. The zero-order valence-electron chi connectivity index (χ0n) is 13.1. The number of nitrogens with zero attached hydrogens (tertiary/aromatic N) is 2. The van der Waals surface area contributed by atoms with Crippen molar-refractivity contribution in [1.29, 1.82) is 0 Å². The maximum Gasteiger partial charge on any atom is 0.129 e. The van der Waals surface area contributed by atoms with Crippen LogP contribution in [0.15, 0.2) is 18.2 Å². The van der Waals surface area contributed by atoms with E-state index < -0.39 is 0 Å². The average molecular weight is 314 g/mol. The third-order valence-electron chi connectivity index (χ3n) is 4.25. The van der Waals surface area contributed by atoms with E-state index in [0.717, 1.165) is 32.7 Å². The van der Waals surface area contributed by atoms with Gasteiger partial charge in [-0.15, -0.1) is 0 Å². The van der Waals surface area contributed by atoms with Gasteiger partial charge in [0.15, 0.2) is 0 Å². The molecule has 0 amide bonds. The summed E-state index contributed by atoms with van der Waals surface area (Å²) in [6.45, 7) is 10.2. The first-order valence-electron chi connectivity index (χ1n) is 7.47. The van der Waals surface area contributed by atoms with E-state index in [-0.39, 0.29) is 11.4 Å². The van der Waals surface area contributed by atoms with E-state index in [4.69, 9.17) is 11.6 Å². The van der Waals surface area contributed by atoms with Gasteiger partial charge in [-0.25, -0.2) is 4.39 Å². The second-order valence-corrected chi connectivity index (χ2v) is 6.88. The maximum absolute atomic E-state index is 13.7. The van der Waals surface area contributed by atoms with Gasteiger partial charge in [0.05, 0.1) is 0 Å². The van der Waals surface area contributed by atoms with Gasteiger partial charge in [-0.3, -0.25) is 4.90 Å². The summed E-state index contributed by atoms with van der Waals surface area (Å²) in [5.41, 5.74) is 0.734. The number of hydrogen-bond donors (Lipinski definition) is 1. The van der Waals surface area contributed by atoms with Crippen LogP contribution in [0.25, 0.3) is 0 Å². The van der Waals surface area contributed by atoms with Crippen molar-refractivity contribution in [2.75, 3.05) is 39.8 Å². The number of piperazine rings is 1. The molecule has 118 valence electrons. The molecule has 1 aromatic rings. The highest BCUT2D eigenvalue weighted by molar-refractivity contribution is 6.30. The summed E-state index contributed by atoms with van der Waals surface area (Å²) < 4.78 is 13.7. The predicted octanol–water partition coefficient (Wildman–Crippen LogP) is 2.59. The largest absolute Gasteiger partial charge is 0.311 e. The van der Waals surface area contributed by atoms with Crippen molar-refractivity contribution in [2.24, 2.45) is 0 Å². The number of benzene rings is 1. The topological polar surface area (TPSA) is 18.5 Å². The Bertz CT molecular complexity index is 471. The molecule has 1 heterocycles. The molecule has 0 saturated carbocycles. The quantitative estimate of drug-likeness (QED) is 0.901. The fraction of sp³-hybridized carbons (Fsp3) is 0.625. The minimum Gasteiger partial charge on any atom is -0.311 e. The van der Waals surface area contributed by atoms with Gasteiger partial charge < -0.3 is 10.2 Å². The lowest BCUT2D eigenvalue weighted by molar-refractivity contribution is 0.0617. The minimum atomic E-state index is -0.243. The molecule has 0 atom stereocenters. The van der Waals surface area contributed by atoms with E-state index >= 15 is 0 Å². The van der Waals surface area contributed by atoms with E-state index in [0.29, 0.717) is 17.1 Å². The van der Waals surface area contributed by atoms with Crippen LogP contribution < -0.4 is 5.32 Å². The van der Waals surface area contributed by atoms with Crippen molar-refractivity contribution < 1.29 is 4.39 Å². The number of hydrogen-bond acceptors (Lipinski definition) is 3. The van der Waals surface area contributed by atoms with Gasteiger partial charge in [-0.05, 0) is 33.0 Å². The molecular weight excluding hydrogens is 289 g/mol. The lowest BCUT2D eigenvalue weighted by Crippen LogP contribution is -2.57. The standard InChI is InChI=1S/C16H25ClFN3/c1-16(2,21-8-6-20(3)7-9-21)12-19-11-13-4-5-14(17)10-15(13)18/h4-5,10,19H,6-9,11-12H2,1-3H3. The van der Waals surface area contributed by atoms with Crippen LogP contribution >= 0.6 is 11.6 Å². The third-order valence-corrected chi connectivity index (χ3v) is 4.48. The Kier molecular flexibility index (Phi) is 5.60. The van der Waals surface area contributed by atoms with Crippen molar-refractivity contribution in [3.8, 4) is 0 Å². The normalized spacial score (nSPS) is 18.1. The van der Waals surface area contributed by atoms with Crippen molar-refractivity contribution in [1.82, 2.24) is 15.1 Å². The average Bonchev–Trinajstić information content (AvgIpc) is 2.41. The predicted molar refractivity (Wildman–Crippen MR) is 86.3 cm³/mol. The fourth-order valence-corrected chi connectivity index (χ4v) is 2.85. The van der Waals surface area contributed by atoms with Crippen molar-refractivity contribution >= 4 is 11.6 Å². The molecule has 1 aliphatic heterocycles. The molecule has 0 radical (unpaired) electrons. The van der Waals surface area contributed by atoms with E-state index in [1.807, 2.05) is 0 Å². The van der Waals surface area contributed by atoms with Crippen molar-refractivity contribution in [2.45, 2.75) is 25.9 Å². The molecule has 0 aliphatic carbocycles. The molecule has 1 N–H and O–H groups in total. The van der Waals surface area contributed by atoms with E-state index in [1.54, 1.807) is 12.1 Å². The van der Waals surface area contributed by atoms with Crippen molar-refractivity contribution in [3.63, 3.8) is 0 Å². The SMILES string of the molecule is CN1CCN(C(C)(C)CNCc2ccc(Cl)cc2F)CC1. The van der Waals surface area contributed by atoms with Gasteiger partial charge in [0.25, 0.3) is 0 Å². The Labute approximate surface area is 132 Å². The molecule has 0 aromatic heterocycles. The van der Waals surface area contributed by atoms with Crippen molar-refractivity contribution in [3.05, 3.63) is 34.6 Å². The summed E-state index contributed by atoms with van der Waals surface area (Å²) in [6, 6.07) is 4.84. The summed E-state index contributed by atoms with van der Waals surface area (Å²) in [5, 5.41) is 3.81. The monoisotopic (exact) mass is 313 g/mol. The fourth-order valence-electron chi connectivity index (χ4n) is 2.69. The number of rotatable bonds is 5. The van der Waals surface area contributed by atoms with E-state index in [2.05, 4.69) is 36.0 Å². The van der Waals surface area contributed by atoms with Gasteiger partial charge in [-0.1, -0.05) is 17.7 Å². The Morgan fingerprint density at radius 3 is 2.52 bits per heavy atom. The van der Waals surface area contributed by atoms with Crippen LogP contribution in [0.4, 0.5) is 4.39 Å². The minimum absolute atomic E-state index is 0.0736. The number of likely N-dealkylation sites (N-methyl/N-ethyl adjacent to an activating group) is 1. The highest BCUT2D eigenvalue weighted by atomic mass is 35.5. The van der Waals surface area contributed by atoms with Crippen LogP contribution in [-0.4, -0.2) is 55.1 Å². The first-order valence-corrected chi connectivity index (χ1v) is 7.84. The Morgan fingerprint density at radius 2 is 1.90 bits per heavy atom. The highest BCUT2D eigenvalue weighted by Crippen LogP contribution is 2.17. The van der Waals surface area contributed by atoms with Gasteiger partial charge in [0, 0.05) is 55.4 Å². The van der Waals surface area contributed by atoms with E-state index in [9.17, 15) is 4.39 Å². The molecular formula is C16H25ClFN3. The van der Waals surface area contributed by atoms with Crippen LogP contribution in [0.3, 0.4) is 0 Å². The third kappa shape index (κ3) is 4.65. The van der Waals surface area contributed by atoms with Gasteiger partial charge in [0.1, 0.15) is 5.82 Å². The Hall–Kier alpha value is -0.680.